The van der Waals surface area contributed by atoms with E-state index in [1.165, 1.54) is 17.1 Å². The minimum absolute atomic E-state index is 0.0459. The molecule has 0 aliphatic carbocycles. The van der Waals surface area contributed by atoms with Gasteiger partial charge in [0.25, 0.3) is 5.91 Å². The van der Waals surface area contributed by atoms with Crippen LogP contribution in [0.15, 0.2) is 24.3 Å². The van der Waals surface area contributed by atoms with Crippen molar-refractivity contribution in [3.8, 4) is 0 Å². The number of carbonyl (C=O) groups is 1. The zero-order valence-corrected chi connectivity index (χ0v) is 14.7. The van der Waals surface area contributed by atoms with Gasteiger partial charge in [-0.25, -0.2) is 0 Å². The fourth-order valence-electron chi connectivity index (χ4n) is 2.31. The monoisotopic (exact) mass is 323 g/mol. The summed E-state index contributed by atoms with van der Waals surface area (Å²) in [5.74, 6) is 3.19. The van der Waals surface area contributed by atoms with Gasteiger partial charge >= 0.3 is 0 Å². The first kappa shape index (κ1) is 16.8. The number of carbonyl (C=O) groups excluding carboxylic acids is 1. The Morgan fingerprint density at radius 1 is 1.14 bits per heavy atom. The lowest BCUT2D eigenvalue weighted by Gasteiger charge is -2.15. The van der Waals surface area contributed by atoms with Gasteiger partial charge in [0.05, 0.1) is 4.58 Å². The second kappa shape index (κ2) is 8.14. The Bertz CT molecular complexity index is 452. The van der Waals surface area contributed by atoms with E-state index in [1.807, 2.05) is 35.7 Å². The summed E-state index contributed by atoms with van der Waals surface area (Å²) in [7, 11) is 0. The highest BCUT2D eigenvalue weighted by Crippen LogP contribution is 2.45. The Hall–Kier alpha value is -0.610. The molecule has 116 valence electrons. The number of rotatable bonds is 6. The van der Waals surface area contributed by atoms with Crippen LogP contribution in [0, 0.1) is 5.92 Å². The third-order valence-electron chi connectivity index (χ3n) is 3.62. The molecule has 0 saturated carbocycles. The van der Waals surface area contributed by atoms with E-state index in [2.05, 4.69) is 38.2 Å². The molecule has 1 aliphatic rings. The normalized spacial score (nSPS) is 17.1. The summed E-state index contributed by atoms with van der Waals surface area (Å²) in [6.07, 6.45) is 2.19. The molecule has 1 aromatic rings. The van der Waals surface area contributed by atoms with Crippen LogP contribution in [0.25, 0.3) is 0 Å². The molecule has 1 saturated heterocycles. The Labute approximate surface area is 136 Å². The molecule has 0 aromatic heterocycles. The van der Waals surface area contributed by atoms with Crippen molar-refractivity contribution < 1.29 is 4.79 Å². The molecule has 2 rings (SSSR count). The van der Waals surface area contributed by atoms with Gasteiger partial charge in [0.1, 0.15) is 0 Å². The van der Waals surface area contributed by atoms with Crippen LogP contribution in [0.4, 0.5) is 0 Å². The van der Waals surface area contributed by atoms with Crippen LogP contribution in [0.2, 0.25) is 0 Å². The van der Waals surface area contributed by atoms with E-state index in [0.29, 0.717) is 10.5 Å². The maximum absolute atomic E-state index is 12.2. The van der Waals surface area contributed by atoms with Gasteiger partial charge in [-0.1, -0.05) is 26.0 Å². The predicted molar refractivity (Wildman–Crippen MR) is 95.1 cm³/mol. The van der Waals surface area contributed by atoms with Crippen LogP contribution >= 0.6 is 23.5 Å². The quantitative estimate of drug-likeness (QED) is 0.821. The Morgan fingerprint density at radius 2 is 1.76 bits per heavy atom. The first-order valence-electron chi connectivity index (χ1n) is 7.70. The van der Waals surface area contributed by atoms with Crippen LogP contribution in [0.3, 0.4) is 0 Å². The van der Waals surface area contributed by atoms with Crippen molar-refractivity contribution in [2.75, 3.05) is 11.5 Å². The van der Waals surface area contributed by atoms with Crippen LogP contribution in [0.1, 0.15) is 54.1 Å². The fraction of sp³-hybridized carbons (Fsp3) is 0.588. The van der Waals surface area contributed by atoms with E-state index in [9.17, 15) is 4.79 Å². The van der Waals surface area contributed by atoms with Gasteiger partial charge in [-0.2, -0.15) is 0 Å². The molecule has 1 amide bonds. The Morgan fingerprint density at radius 3 is 2.33 bits per heavy atom. The third kappa shape index (κ3) is 5.26. The summed E-state index contributed by atoms with van der Waals surface area (Å²) >= 11 is 3.98. The second-order valence-corrected chi connectivity index (χ2v) is 8.77. The summed E-state index contributed by atoms with van der Waals surface area (Å²) in [5.41, 5.74) is 2.09. The summed E-state index contributed by atoms with van der Waals surface area (Å²) in [5, 5.41) is 3.09. The van der Waals surface area contributed by atoms with Crippen molar-refractivity contribution in [1.82, 2.24) is 5.32 Å². The molecule has 1 fully saturated rings. The highest BCUT2D eigenvalue weighted by atomic mass is 32.2. The SMILES string of the molecule is CC(C)CC[C@H](C)NC(=O)c1ccc(C2SCCS2)cc1. The van der Waals surface area contributed by atoms with Crippen molar-refractivity contribution in [1.29, 1.82) is 0 Å². The van der Waals surface area contributed by atoms with E-state index in [1.54, 1.807) is 0 Å². The van der Waals surface area contributed by atoms with Gasteiger partial charge in [0.15, 0.2) is 0 Å². The predicted octanol–water partition coefficient (Wildman–Crippen LogP) is 4.72. The highest BCUT2D eigenvalue weighted by Gasteiger charge is 2.18. The van der Waals surface area contributed by atoms with Crippen molar-refractivity contribution >= 4 is 29.4 Å². The van der Waals surface area contributed by atoms with Crippen molar-refractivity contribution in [2.24, 2.45) is 5.92 Å². The summed E-state index contributed by atoms with van der Waals surface area (Å²) in [4.78, 5) is 12.2. The van der Waals surface area contributed by atoms with Gasteiger partial charge in [0, 0.05) is 23.1 Å². The number of amides is 1. The number of benzene rings is 1. The molecule has 1 atom stereocenters. The highest BCUT2D eigenvalue weighted by molar-refractivity contribution is 8.19. The number of hydrogen-bond acceptors (Lipinski definition) is 3. The molecule has 1 N–H and O–H groups in total. The topological polar surface area (TPSA) is 29.1 Å². The van der Waals surface area contributed by atoms with Crippen LogP contribution in [0.5, 0.6) is 0 Å². The summed E-state index contributed by atoms with van der Waals surface area (Å²) in [6, 6.07) is 8.35. The van der Waals surface area contributed by atoms with Gasteiger partial charge in [0.2, 0.25) is 0 Å². The molecule has 0 spiro atoms. The average Bonchev–Trinajstić information content (AvgIpc) is 2.99. The first-order chi connectivity index (χ1) is 10.1. The van der Waals surface area contributed by atoms with Crippen LogP contribution in [-0.4, -0.2) is 23.5 Å². The molecular weight excluding hydrogens is 298 g/mol. The largest absolute Gasteiger partial charge is 0.350 e. The fourth-order valence-corrected chi connectivity index (χ4v) is 5.16. The zero-order valence-electron chi connectivity index (χ0n) is 13.1. The molecule has 2 nitrogen and oxygen atoms in total. The van der Waals surface area contributed by atoms with Gasteiger partial charge < -0.3 is 5.32 Å². The van der Waals surface area contributed by atoms with Crippen LogP contribution in [-0.2, 0) is 0 Å². The smallest absolute Gasteiger partial charge is 0.251 e. The van der Waals surface area contributed by atoms with Crippen molar-refractivity contribution in [3.63, 3.8) is 0 Å². The van der Waals surface area contributed by atoms with Gasteiger partial charge in [-0.15, -0.1) is 23.5 Å². The van der Waals surface area contributed by atoms with Crippen molar-refractivity contribution in [2.45, 2.75) is 44.2 Å². The molecule has 0 unspecified atom stereocenters. The van der Waals surface area contributed by atoms with Gasteiger partial charge in [-0.3, -0.25) is 4.79 Å². The van der Waals surface area contributed by atoms with Crippen LogP contribution < -0.4 is 5.32 Å². The lowest BCUT2D eigenvalue weighted by Crippen LogP contribution is -2.32. The lowest BCUT2D eigenvalue weighted by atomic mass is 10.0. The molecule has 1 aliphatic heterocycles. The Balaban J connectivity index is 1.87. The Kier molecular flexibility index (Phi) is 6.49. The standard InChI is InChI=1S/C17H25NOS2/c1-12(2)4-5-13(3)18-16(19)14-6-8-15(9-7-14)17-20-10-11-21-17/h6-9,12-13,17H,4-5,10-11H2,1-3H3,(H,18,19)/t13-/m0/s1. The average molecular weight is 324 g/mol. The maximum atomic E-state index is 12.2. The molecule has 0 bridgehead atoms. The number of nitrogens with one attached hydrogen (secondary N) is 1. The number of thioether (sulfide) groups is 2. The second-order valence-electron chi connectivity index (χ2n) is 6.04. The minimum Gasteiger partial charge on any atom is -0.350 e. The maximum Gasteiger partial charge on any atom is 0.251 e. The molecule has 1 aromatic carbocycles. The first-order valence-corrected chi connectivity index (χ1v) is 9.80. The van der Waals surface area contributed by atoms with Gasteiger partial charge in [-0.05, 0) is 43.4 Å². The van der Waals surface area contributed by atoms with E-state index < -0.39 is 0 Å². The number of hydrogen-bond donors (Lipinski definition) is 1. The third-order valence-corrected chi connectivity index (χ3v) is 6.73. The molecular formula is C17H25NOS2. The minimum atomic E-state index is 0.0459. The van der Waals surface area contributed by atoms with E-state index >= 15 is 0 Å². The van der Waals surface area contributed by atoms with E-state index in [4.69, 9.17) is 0 Å². The summed E-state index contributed by atoms with van der Waals surface area (Å²) < 4.78 is 0.548. The van der Waals surface area contributed by atoms with E-state index in [-0.39, 0.29) is 11.9 Å². The molecule has 0 radical (unpaired) electrons. The molecule has 1 heterocycles. The summed E-state index contributed by atoms with van der Waals surface area (Å²) in [6.45, 7) is 6.51. The molecule has 21 heavy (non-hydrogen) atoms. The zero-order chi connectivity index (χ0) is 15.2. The molecule has 4 heteroatoms. The lowest BCUT2D eigenvalue weighted by molar-refractivity contribution is 0.0937. The van der Waals surface area contributed by atoms with E-state index in [0.717, 1.165) is 18.4 Å². The van der Waals surface area contributed by atoms with Crippen molar-refractivity contribution in [3.05, 3.63) is 35.4 Å².